The van der Waals surface area contributed by atoms with E-state index in [4.69, 9.17) is 0 Å². The van der Waals surface area contributed by atoms with Gasteiger partial charge in [-0.1, -0.05) is 24.3 Å². The number of hydrogen-bond donors (Lipinski definition) is 0. The molecule has 0 fully saturated rings. The van der Waals surface area contributed by atoms with Crippen LogP contribution in [0, 0.1) is 0 Å². The summed E-state index contributed by atoms with van der Waals surface area (Å²) in [5.74, 6) is -2.19. The van der Waals surface area contributed by atoms with Gasteiger partial charge in [-0.25, -0.2) is 0 Å². The lowest BCUT2D eigenvalue weighted by Gasteiger charge is -2.11. The maximum Gasteiger partial charge on any atom is 0.534 e. The van der Waals surface area contributed by atoms with E-state index in [1.165, 1.54) is 24.3 Å². The molecule has 9 heteroatoms. The van der Waals surface area contributed by atoms with Crippen LogP contribution in [-0.2, 0) is 10.1 Å². The predicted octanol–water partition coefficient (Wildman–Crippen LogP) is 1.43. The average Bonchev–Trinajstić information content (AvgIpc) is 2.35. The summed E-state index contributed by atoms with van der Waals surface area (Å²) in [5.41, 5.74) is -5.86. The van der Waals surface area contributed by atoms with Crippen LogP contribution in [0.2, 0.25) is 0 Å². The minimum Gasteiger partial charge on any atom is -0.545 e. The first-order valence-corrected chi connectivity index (χ1v) is 6.77. The van der Waals surface area contributed by atoms with Crippen molar-refractivity contribution in [2.75, 3.05) is 0 Å². The monoisotopic (exact) mass is 319 g/mol. The summed E-state index contributed by atoms with van der Waals surface area (Å²) in [6.45, 7) is 0. The molecule has 2 aromatic carbocycles. The number of hydrogen-bond acceptors (Lipinski definition) is 5. The van der Waals surface area contributed by atoms with E-state index >= 15 is 0 Å². The minimum absolute atomic E-state index is 0.00683. The Morgan fingerprint density at radius 3 is 2.38 bits per heavy atom. The van der Waals surface area contributed by atoms with Gasteiger partial charge >= 0.3 is 15.6 Å². The van der Waals surface area contributed by atoms with Crippen molar-refractivity contribution in [2.45, 2.75) is 5.51 Å². The molecule has 0 spiro atoms. The zero-order valence-corrected chi connectivity index (χ0v) is 10.9. The van der Waals surface area contributed by atoms with Gasteiger partial charge < -0.3 is 14.1 Å². The highest BCUT2D eigenvalue weighted by Gasteiger charge is 2.48. The number of rotatable bonds is 3. The first-order valence-electron chi connectivity index (χ1n) is 5.37. The van der Waals surface area contributed by atoms with Crippen LogP contribution in [0.15, 0.2) is 36.4 Å². The van der Waals surface area contributed by atoms with E-state index in [1.54, 1.807) is 0 Å². The van der Waals surface area contributed by atoms with Gasteiger partial charge in [0.2, 0.25) is 0 Å². The third-order valence-electron chi connectivity index (χ3n) is 2.56. The Morgan fingerprint density at radius 1 is 1.14 bits per heavy atom. The predicted molar refractivity (Wildman–Crippen MR) is 63.9 cm³/mol. The second kappa shape index (κ2) is 4.92. The summed E-state index contributed by atoms with van der Waals surface area (Å²) < 4.78 is 62.4. The fraction of sp³-hybridized carbons (Fsp3) is 0.0833. The fourth-order valence-electron chi connectivity index (χ4n) is 1.66. The van der Waals surface area contributed by atoms with Crippen molar-refractivity contribution in [1.29, 1.82) is 0 Å². The van der Waals surface area contributed by atoms with Gasteiger partial charge in [0.15, 0.2) is 0 Å². The number of fused-ring (bicyclic) bond motifs is 1. The molecule has 0 aliphatic rings. The van der Waals surface area contributed by atoms with Crippen LogP contribution in [0.5, 0.6) is 5.75 Å². The number of carbonyl (C=O) groups excluding carboxylic acids is 1. The maximum atomic E-state index is 12.2. The third-order valence-corrected chi connectivity index (χ3v) is 3.54. The first kappa shape index (κ1) is 15.1. The molecular weight excluding hydrogens is 313 g/mol. The molecule has 0 aliphatic carbocycles. The van der Waals surface area contributed by atoms with Gasteiger partial charge in [-0.05, 0) is 22.9 Å². The zero-order chi connectivity index (χ0) is 15.8. The quantitative estimate of drug-likeness (QED) is 0.631. The van der Waals surface area contributed by atoms with Crippen molar-refractivity contribution in [1.82, 2.24) is 0 Å². The summed E-state index contributed by atoms with van der Waals surface area (Å²) >= 11 is 0. The summed E-state index contributed by atoms with van der Waals surface area (Å²) in [4.78, 5) is 10.9. The number of alkyl halides is 3. The molecule has 0 amide bonds. The van der Waals surface area contributed by atoms with Crippen molar-refractivity contribution in [3.63, 3.8) is 0 Å². The molecule has 0 heterocycles. The van der Waals surface area contributed by atoms with Crippen molar-refractivity contribution in [2.24, 2.45) is 0 Å². The summed E-state index contributed by atoms with van der Waals surface area (Å²) in [6, 6.07) is 7.22. The first-order chi connectivity index (χ1) is 9.62. The Hall–Kier alpha value is -2.29. The van der Waals surface area contributed by atoms with Crippen molar-refractivity contribution in [3.05, 3.63) is 42.0 Å². The fourth-order valence-corrected chi connectivity index (χ4v) is 2.11. The number of halogens is 3. The molecule has 0 bridgehead atoms. The van der Waals surface area contributed by atoms with Gasteiger partial charge in [0.05, 0.1) is 5.97 Å². The average molecular weight is 319 g/mol. The Balaban J connectivity index is 2.54. The highest BCUT2D eigenvalue weighted by Crippen LogP contribution is 2.29. The van der Waals surface area contributed by atoms with Crippen LogP contribution >= 0.6 is 0 Å². The molecule has 2 aromatic rings. The minimum atomic E-state index is -5.82. The molecule has 0 radical (unpaired) electrons. The molecule has 0 saturated carbocycles. The van der Waals surface area contributed by atoms with Crippen LogP contribution in [0.4, 0.5) is 13.2 Å². The largest absolute Gasteiger partial charge is 0.545 e. The molecule has 0 unspecified atom stereocenters. The zero-order valence-electron chi connectivity index (χ0n) is 10.0. The maximum absolute atomic E-state index is 12.2. The van der Waals surface area contributed by atoms with Gasteiger partial charge in [0.25, 0.3) is 0 Å². The number of carboxylic acids is 1. The molecule has 21 heavy (non-hydrogen) atoms. The van der Waals surface area contributed by atoms with Gasteiger partial charge in [-0.15, -0.1) is 0 Å². The Labute approximate surface area is 116 Å². The van der Waals surface area contributed by atoms with E-state index in [0.29, 0.717) is 5.39 Å². The molecular formula is C12H6F3O5S-. The molecule has 5 nitrogen and oxygen atoms in total. The van der Waals surface area contributed by atoms with Crippen LogP contribution in [0.25, 0.3) is 10.8 Å². The summed E-state index contributed by atoms with van der Waals surface area (Å²) in [6.07, 6.45) is 0. The van der Waals surface area contributed by atoms with Crippen LogP contribution < -0.4 is 9.29 Å². The smallest absolute Gasteiger partial charge is 0.534 e. The summed E-state index contributed by atoms with van der Waals surface area (Å²) in [7, 11) is -5.82. The Bertz CT molecular complexity index is 811. The summed E-state index contributed by atoms with van der Waals surface area (Å²) in [5, 5.41) is 11.3. The standard InChI is InChI=1S/C12H7F3O5S/c13-12(14,15)21(18,19)20-8-5-4-7-2-1-3-9(11(16)17)10(7)6-8/h1-6H,(H,16,17)/p-1. The highest BCUT2D eigenvalue weighted by molar-refractivity contribution is 7.88. The van der Waals surface area contributed by atoms with Gasteiger partial charge in [-0.3, -0.25) is 0 Å². The van der Waals surface area contributed by atoms with Crippen LogP contribution in [0.3, 0.4) is 0 Å². The van der Waals surface area contributed by atoms with E-state index in [1.807, 2.05) is 0 Å². The normalized spacial score (nSPS) is 12.3. The van der Waals surface area contributed by atoms with E-state index in [-0.39, 0.29) is 10.9 Å². The number of aromatic carboxylic acids is 1. The molecule has 0 aromatic heterocycles. The lowest BCUT2D eigenvalue weighted by atomic mass is 10.0. The molecule has 112 valence electrons. The van der Waals surface area contributed by atoms with Crippen LogP contribution in [0.1, 0.15) is 10.4 Å². The lowest BCUT2D eigenvalue weighted by molar-refractivity contribution is -0.254. The van der Waals surface area contributed by atoms with Gasteiger partial charge in [-0.2, -0.15) is 21.6 Å². The number of carbonyl (C=O) groups is 1. The number of benzene rings is 2. The topological polar surface area (TPSA) is 83.5 Å². The third kappa shape index (κ3) is 2.92. The van der Waals surface area contributed by atoms with E-state index < -0.39 is 27.3 Å². The Morgan fingerprint density at radius 2 is 1.81 bits per heavy atom. The van der Waals surface area contributed by atoms with E-state index in [9.17, 15) is 31.5 Å². The van der Waals surface area contributed by atoms with Crippen molar-refractivity contribution in [3.8, 4) is 5.75 Å². The van der Waals surface area contributed by atoms with E-state index in [0.717, 1.165) is 12.1 Å². The molecule has 0 atom stereocenters. The van der Waals surface area contributed by atoms with Gasteiger partial charge in [0, 0.05) is 5.56 Å². The second-order valence-electron chi connectivity index (χ2n) is 3.96. The molecule has 0 N–H and O–H groups in total. The molecule has 2 rings (SSSR count). The van der Waals surface area contributed by atoms with E-state index in [2.05, 4.69) is 4.18 Å². The second-order valence-corrected chi connectivity index (χ2v) is 5.50. The van der Waals surface area contributed by atoms with Crippen LogP contribution in [-0.4, -0.2) is 19.9 Å². The number of carboxylic acid groups (broad SMARTS) is 1. The molecule has 0 saturated heterocycles. The highest BCUT2D eigenvalue weighted by atomic mass is 32.2. The van der Waals surface area contributed by atoms with Crippen molar-refractivity contribution < 1.29 is 35.7 Å². The Kier molecular flexibility index (Phi) is 3.54. The van der Waals surface area contributed by atoms with Crippen molar-refractivity contribution >= 4 is 26.9 Å². The van der Waals surface area contributed by atoms with Gasteiger partial charge in [0.1, 0.15) is 5.75 Å². The molecule has 0 aliphatic heterocycles. The lowest BCUT2D eigenvalue weighted by Crippen LogP contribution is -2.28. The SMILES string of the molecule is O=C([O-])c1cccc2ccc(OS(=O)(=O)C(F)(F)F)cc12.